The molecule has 196 valence electrons. The monoisotopic (exact) mass is 549 g/mol. The highest BCUT2D eigenvalue weighted by atomic mass is 35.5. The molecule has 0 aliphatic rings. The predicted octanol–water partition coefficient (Wildman–Crippen LogP) is 3.21. The zero-order chi connectivity index (χ0) is 26.7. The average molecular weight is 550 g/mol. The standard InChI is InChI=1S/C22H24ClN7O6S/c1-12-9-15(28-36-12)21-26-27-22(30(21)18-16(33-3)7-6-8-17(18)34-4)29-37(31,32)13(2)19(35-5)20-24-10-14(23)11-25-20/h6-11,13,19H,1-5H3,(H,27,29). The highest BCUT2D eigenvalue weighted by molar-refractivity contribution is 7.93. The van der Waals surface area contributed by atoms with Crippen LogP contribution in [0, 0.1) is 6.92 Å². The van der Waals surface area contributed by atoms with Crippen molar-refractivity contribution in [3.05, 3.63) is 53.3 Å². The molecule has 0 bridgehead atoms. The number of hydrogen-bond donors (Lipinski definition) is 1. The minimum absolute atomic E-state index is 0.141. The molecule has 13 nitrogen and oxygen atoms in total. The van der Waals surface area contributed by atoms with Gasteiger partial charge in [-0.3, -0.25) is 9.29 Å². The third kappa shape index (κ3) is 5.21. The molecular formula is C22H24ClN7O6S. The van der Waals surface area contributed by atoms with Gasteiger partial charge in [0.05, 0.1) is 19.2 Å². The van der Waals surface area contributed by atoms with Gasteiger partial charge < -0.3 is 18.7 Å². The summed E-state index contributed by atoms with van der Waals surface area (Å²) in [6.07, 6.45) is 1.71. The molecule has 3 heterocycles. The van der Waals surface area contributed by atoms with E-state index in [2.05, 4.69) is 30.0 Å². The summed E-state index contributed by atoms with van der Waals surface area (Å²) in [6.45, 7) is 3.18. The smallest absolute Gasteiger partial charge is 0.243 e. The fourth-order valence-corrected chi connectivity index (χ4v) is 4.84. The minimum atomic E-state index is -4.15. The van der Waals surface area contributed by atoms with Gasteiger partial charge in [-0.2, -0.15) is 0 Å². The molecule has 1 aromatic carbocycles. The second-order valence-electron chi connectivity index (χ2n) is 7.78. The van der Waals surface area contributed by atoms with E-state index in [1.54, 1.807) is 31.2 Å². The van der Waals surface area contributed by atoms with Gasteiger partial charge in [0, 0.05) is 25.6 Å². The number of methoxy groups -OCH3 is 3. The Morgan fingerprint density at radius 1 is 1.08 bits per heavy atom. The molecule has 4 aromatic rings. The van der Waals surface area contributed by atoms with E-state index in [1.807, 2.05) is 0 Å². The number of benzene rings is 1. The van der Waals surface area contributed by atoms with Crippen molar-refractivity contribution in [2.24, 2.45) is 0 Å². The maximum absolute atomic E-state index is 13.5. The average Bonchev–Trinajstić information content (AvgIpc) is 3.50. The number of para-hydroxylation sites is 1. The Balaban J connectivity index is 1.82. The van der Waals surface area contributed by atoms with E-state index in [0.717, 1.165) is 0 Å². The fourth-order valence-electron chi connectivity index (χ4n) is 3.61. The molecule has 0 amide bonds. The second-order valence-corrected chi connectivity index (χ2v) is 10.3. The lowest BCUT2D eigenvalue weighted by Gasteiger charge is -2.22. The van der Waals surface area contributed by atoms with Crippen molar-refractivity contribution in [1.29, 1.82) is 0 Å². The SMILES string of the molecule is COc1cccc(OC)c1-n1c(NS(=O)(=O)C(C)C(OC)c2ncc(Cl)cn2)nnc1-c1cc(C)on1. The first-order valence-electron chi connectivity index (χ1n) is 10.8. The molecule has 4 rings (SSSR count). The molecule has 37 heavy (non-hydrogen) atoms. The maximum Gasteiger partial charge on any atom is 0.243 e. The Bertz CT molecular complexity index is 1470. The van der Waals surface area contributed by atoms with Crippen LogP contribution in [0.1, 0.15) is 24.6 Å². The molecule has 0 fully saturated rings. The number of aryl methyl sites for hydroxylation is 1. The van der Waals surface area contributed by atoms with Crippen molar-refractivity contribution >= 4 is 27.6 Å². The fraction of sp³-hybridized carbons (Fsp3) is 0.318. The lowest BCUT2D eigenvalue weighted by atomic mass is 10.2. The van der Waals surface area contributed by atoms with Gasteiger partial charge in [0.1, 0.15) is 34.3 Å². The zero-order valence-corrected chi connectivity index (χ0v) is 22.1. The largest absolute Gasteiger partial charge is 0.494 e. The molecule has 1 N–H and O–H groups in total. The number of halogens is 1. The summed E-state index contributed by atoms with van der Waals surface area (Å²) in [4.78, 5) is 8.20. The third-order valence-electron chi connectivity index (χ3n) is 5.44. The van der Waals surface area contributed by atoms with Crippen molar-refractivity contribution in [2.45, 2.75) is 25.2 Å². The summed E-state index contributed by atoms with van der Waals surface area (Å²) >= 11 is 5.87. The highest BCUT2D eigenvalue weighted by Crippen LogP contribution is 2.38. The highest BCUT2D eigenvalue weighted by Gasteiger charge is 2.35. The number of aromatic nitrogens is 6. The van der Waals surface area contributed by atoms with Gasteiger partial charge in [-0.05, 0) is 26.0 Å². The lowest BCUT2D eigenvalue weighted by molar-refractivity contribution is 0.0950. The number of nitrogens with zero attached hydrogens (tertiary/aromatic N) is 6. The number of sulfonamides is 1. The zero-order valence-electron chi connectivity index (χ0n) is 20.5. The number of anilines is 1. The summed E-state index contributed by atoms with van der Waals surface area (Å²) in [5.74, 6) is 1.47. The molecule has 2 atom stereocenters. The molecule has 0 spiro atoms. The summed E-state index contributed by atoms with van der Waals surface area (Å²) in [7, 11) is 0.162. The summed E-state index contributed by atoms with van der Waals surface area (Å²) < 4.78 is 52.7. The molecule has 3 aromatic heterocycles. The van der Waals surface area contributed by atoms with Crippen molar-refractivity contribution in [3.63, 3.8) is 0 Å². The van der Waals surface area contributed by atoms with Gasteiger partial charge in [-0.1, -0.05) is 22.8 Å². The Morgan fingerprint density at radius 3 is 2.27 bits per heavy atom. The van der Waals surface area contributed by atoms with Crippen LogP contribution in [-0.2, 0) is 14.8 Å². The van der Waals surface area contributed by atoms with Crippen molar-refractivity contribution in [2.75, 3.05) is 26.1 Å². The number of ether oxygens (including phenoxy) is 3. The molecule has 0 saturated carbocycles. The van der Waals surface area contributed by atoms with Crippen LogP contribution in [0.5, 0.6) is 11.5 Å². The van der Waals surface area contributed by atoms with Crippen LogP contribution in [0.15, 0.2) is 41.2 Å². The van der Waals surface area contributed by atoms with Crippen molar-refractivity contribution < 1.29 is 27.2 Å². The Kier molecular flexibility index (Phi) is 7.61. The van der Waals surface area contributed by atoms with Gasteiger partial charge in [0.15, 0.2) is 17.3 Å². The van der Waals surface area contributed by atoms with Crippen LogP contribution in [0.2, 0.25) is 5.02 Å². The maximum atomic E-state index is 13.5. The third-order valence-corrected chi connectivity index (χ3v) is 7.33. The summed E-state index contributed by atoms with van der Waals surface area (Å²) in [5.41, 5.74) is 0.670. The Labute approximate surface area is 217 Å². The van der Waals surface area contributed by atoms with Crippen LogP contribution < -0.4 is 14.2 Å². The van der Waals surface area contributed by atoms with E-state index < -0.39 is 21.4 Å². The molecule has 0 saturated heterocycles. The van der Waals surface area contributed by atoms with E-state index in [4.69, 9.17) is 30.3 Å². The topological polar surface area (TPSA) is 156 Å². The first kappa shape index (κ1) is 26.3. The van der Waals surface area contributed by atoms with Gasteiger partial charge in [0.2, 0.25) is 16.0 Å². The van der Waals surface area contributed by atoms with E-state index in [1.165, 1.54) is 45.2 Å². The van der Waals surface area contributed by atoms with E-state index >= 15 is 0 Å². The molecule has 0 aliphatic carbocycles. The van der Waals surface area contributed by atoms with Gasteiger partial charge >= 0.3 is 0 Å². The normalized spacial score (nSPS) is 13.2. The Morgan fingerprint density at radius 2 is 1.73 bits per heavy atom. The van der Waals surface area contributed by atoms with Gasteiger partial charge in [-0.15, -0.1) is 10.2 Å². The van der Waals surface area contributed by atoms with Gasteiger partial charge in [-0.25, -0.2) is 18.4 Å². The minimum Gasteiger partial charge on any atom is -0.494 e. The van der Waals surface area contributed by atoms with Crippen LogP contribution in [0.25, 0.3) is 17.2 Å². The molecule has 0 radical (unpaired) electrons. The molecule has 2 unspecified atom stereocenters. The molecular weight excluding hydrogens is 526 g/mol. The molecule has 0 aliphatic heterocycles. The van der Waals surface area contributed by atoms with Gasteiger partial charge in [0.25, 0.3) is 0 Å². The second kappa shape index (κ2) is 10.7. The van der Waals surface area contributed by atoms with E-state index in [9.17, 15) is 8.42 Å². The first-order chi connectivity index (χ1) is 17.7. The number of rotatable bonds is 10. The lowest BCUT2D eigenvalue weighted by Crippen LogP contribution is -2.33. The van der Waals surface area contributed by atoms with Crippen molar-refractivity contribution in [3.8, 4) is 28.7 Å². The van der Waals surface area contributed by atoms with Crippen LogP contribution in [-0.4, -0.2) is 64.9 Å². The van der Waals surface area contributed by atoms with E-state index in [0.29, 0.717) is 33.7 Å². The number of hydrogen-bond acceptors (Lipinski definition) is 11. The van der Waals surface area contributed by atoms with Crippen LogP contribution in [0.4, 0.5) is 5.95 Å². The van der Waals surface area contributed by atoms with E-state index in [-0.39, 0.29) is 17.6 Å². The van der Waals surface area contributed by atoms with Crippen LogP contribution in [0.3, 0.4) is 0 Å². The molecule has 15 heteroatoms. The quantitative estimate of drug-likeness (QED) is 0.309. The Hall–Kier alpha value is -3.75. The summed E-state index contributed by atoms with van der Waals surface area (Å²) in [6, 6.07) is 6.75. The predicted molar refractivity (Wildman–Crippen MR) is 133 cm³/mol. The first-order valence-corrected chi connectivity index (χ1v) is 12.7. The number of nitrogens with one attached hydrogen (secondary N) is 1. The van der Waals surface area contributed by atoms with Crippen LogP contribution >= 0.6 is 11.6 Å². The summed E-state index contributed by atoms with van der Waals surface area (Å²) in [5, 5.41) is 11.5. The van der Waals surface area contributed by atoms with Crippen molar-refractivity contribution in [1.82, 2.24) is 29.9 Å².